The van der Waals surface area contributed by atoms with Crippen LogP contribution < -0.4 is 14.2 Å². The van der Waals surface area contributed by atoms with Crippen molar-refractivity contribution in [2.45, 2.75) is 18.7 Å². The second kappa shape index (κ2) is 7.88. The monoisotopic (exact) mass is 369 g/mol. The molecule has 24 heavy (non-hydrogen) atoms. The summed E-state index contributed by atoms with van der Waals surface area (Å²) in [4.78, 5) is 0.235. The van der Waals surface area contributed by atoms with Crippen molar-refractivity contribution < 1.29 is 17.9 Å². The maximum absolute atomic E-state index is 12.4. The van der Waals surface area contributed by atoms with Crippen LogP contribution in [-0.4, -0.2) is 28.7 Å². The number of benzene rings is 2. The first kappa shape index (κ1) is 18.6. The van der Waals surface area contributed by atoms with Crippen molar-refractivity contribution in [2.75, 3.05) is 20.3 Å². The molecular formula is C17H20ClNO4S. The summed E-state index contributed by atoms with van der Waals surface area (Å²) in [5, 5.41) is 0.488. The van der Waals surface area contributed by atoms with Crippen molar-refractivity contribution in [3.05, 3.63) is 52.5 Å². The van der Waals surface area contributed by atoms with Gasteiger partial charge in [0.05, 0.1) is 17.0 Å². The molecule has 0 radical (unpaired) electrons. The summed E-state index contributed by atoms with van der Waals surface area (Å²) in [7, 11) is -2.07. The fourth-order valence-corrected chi connectivity index (χ4v) is 3.76. The normalized spacial score (nSPS) is 11.3. The van der Waals surface area contributed by atoms with Gasteiger partial charge in [0.1, 0.15) is 18.1 Å². The smallest absolute Gasteiger partial charge is 0.240 e. The van der Waals surface area contributed by atoms with Crippen LogP contribution in [0.4, 0.5) is 0 Å². The Bertz CT molecular complexity index is 821. The average Bonchev–Trinajstić information content (AvgIpc) is 2.55. The van der Waals surface area contributed by atoms with E-state index >= 15 is 0 Å². The molecule has 0 saturated carbocycles. The summed E-state index contributed by atoms with van der Waals surface area (Å²) < 4.78 is 38.1. The molecule has 0 saturated heterocycles. The molecule has 0 atom stereocenters. The summed E-state index contributed by atoms with van der Waals surface area (Å²) in [6.45, 7) is 3.90. The van der Waals surface area contributed by atoms with Gasteiger partial charge < -0.3 is 9.47 Å². The number of para-hydroxylation sites is 1. The molecule has 0 aliphatic carbocycles. The predicted molar refractivity (Wildman–Crippen MR) is 94.6 cm³/mol. The van der Waals surface area contributed by atoms with Crippen molar-refractivity contribution in [3.8, 4) is 11.5 Å². The minimum Gasteiger partial charge on any atom is -0.496 e. The van der Waals surface area contributed by atoms with Crippen molar-refractivity contribution >= 4 is 21.6 Å². The summed E-state index contributed by atoms with van der Waals surface area (Å²) in [6.07, 6.45) is 0. The largest absolute Gasteiger partial charge is 0.496 e. The van der Waals surface area contributed by atoms with Gasteiger partial charge in [-0.15, -0.1) is 0 Å². The van der Waals surface area contributed by atoms with Gasteiger partial charge in [0, 0.05) is 6.54 Å². The van der Waals surface area contributed by atoms with E-state index in [0.29, 0.717) is 22.1 Å². The third-order valence-corrected chi connectivity index (χ3v) is 5.60. The first-order chi connectivity index (χ1) is 11.4. The van der Waals surface area contributed by atoms with E-state index in [-0.39, 0.29) is 18.0 Å². The third kappa shape index (κ3) is 4.20. The fourth-order valence-electron chi connectivity index (χ4n) is 2.26. The lowest BCUT2D eigenvalue weighted by molar-refractivity contribution is 0.323. The molecule has 7 heteroatoms. The number of nitrogens with one attached hydrogen (secondary N) is 1. The van der Waals surface area contributed by atoms with Gasteiger partial charge in [0.15, 0.2) is 0 Å². The van der Waals surface area contributed by atoms with E-state index in [0.717, 1.165) is 5.56 Å². The first-order valence-corrected chi connectivity index (χ1v) is 9.24. The van der Waals surface area contributed by atoms with Gasteiger partial charge in [-0.05, 0) is 49.2 Å². The molecule has 0 aliphatic rings. The Balaban J connectivity index is 2.02. The molecule has 0 bridgehead atoms. The number of halogens is 1. The van der Waals surface area contributed by atoms with Crippen LogP contribution in [0.5, 0.6) is 11.5 Å². The lowest BCUT2D eigenvalue weighted by atomic mass is 10.1. The molecule has 5 nitrogen and oxygen atoms in total. The van der Waals surface area contributed by atoms with Crippen molar-refractivity contribution in [3.63, 3.8) is 0 Å². The van der Waals surface area contributed by atoms with E-state index in [1.54, 1.807) is 50.4 Å². The maximum Gasteiger partial charge on any atom is 0.240 e. The minimum atomic E-state index is -3.62. The molecular weight excluding hydrogens is 350 g/mol. The lowest BCUT2D eigenvalue weighted by Crippen LogP contribution is -2.29. The molecule has 0 amide bonds. The molecule has 2 rings (SSSR count). The Morgan fingerprint density at radius 3 is 2.42 bits per heavy atom. The molecule has 0 aliphatic heterocycles. The average molecular weight is 370 g/mol. The molecule has 130 valence electrons. The highest BCUT2D eigenvalue weighted by Crippen LogP contribution is 2.26. The van der Waals surface area contributed by atoms with Gasteiger partial charge in [0.2, 0.25) is 10.0 Å². The SMILES string of the molecule is COc1ccc(S(=O)(=O)NCCOc2ccccc2Cl)c(C)c1C. The third-order valence-electron chi connectivity index (χ3n) is 3.69. The highest BCUT2D eigenvalue weighted by Gasteiger charge is 2.19. The Morgan fingerprint density at radius 2 is 1.75 bits per heavy atom. The van der Waals surface area contributed by atoms with Crippen LogP contribution in [0.1, 0.15) is 11.1 Å². The van der Waals surface area contributed by atoms with Crippen LogP contribution >= 0.6 is 11.6 Å². The Labute approximate surface area is 147 Å². The fraction of sp³-hybridized carbons (Fsp3) is 0.294. The van der Waals surface area contributed by atoms with E-state index in [1.165, 1.54) is 0 Å². The summed E-state index contributed by atoms with van der Waals surface area (Å²) in [5.74, 6) is 1.18. The molecule has 0 fully saturated rings. The zero-order valence-electron chi connectivity index (χ0n) is 13.8. The van der Waals surface area contributed by atoms with Crippen molar-refractivity contribution in [2.24, 2.45) is 0 Å². The molecule has 1 N–H and O–H groups in total. The maximum atomic E-state index is 12.4. The topological polar surface area (TPSA) is 64.6 Å². The Kier molecular flexibility index (Phi) is 6.10. The quantitative estimate of drug-likeness (QED) is 0.760. The van der Waals surface area contributed by atoms with E-state index in [2.05, 4.69) is 4.72 Å². The number of methoxy groups -OCH3 is 1. The highest BCUT2D eigenvalue weighted by molar-refractivity contribution is 7.89. The molecule has 0 aromatic heterocycles. The Morgan fingerprint density at radius 1 is 1.04 bits per heavy atom. The first-order valence-electron chi connectivity index (χ1n) is 7.38. The van der Waals surface area contributed by atoms with Gasteiger partial charge in [-0.25, -0.2) is 13.1 Å². The van der Waals surface area contributed by atoms with Crippen LogP contribution in [0.15, 0.2) is 41.3 Å². The van der Waals surface area contributed by atoms with E-state index in [1.807, 2.05) is 6.92 Å². The summed E-state index contributed by atoms with van der Waals surface area (Å²) in [6, 6.07) is 10.2. The number of rotatable bonds is 7. The second-order valence-corrected chi connectivity index (χ2v) is 7.34. The zero-order chi connectivity index (χ0) is 17.7. The van der Waals surface area contributed by atoms with Crippen molar-refractivity contribution in [1.82, 2.24) is 4.72 Å². The number of sulfonamides is 1. The summed E-state index contributed by atoms with van der Waals surface area (Å²) >= 11 is 5.98. The number of ether oxygens (including phenoxy) is 2. The number of hydrogen-bond acceptors (Lipinski definition) is 4. The van der Waals surface area contributed by atoms with E-state index in [4.69, 9.17) is 21.1 Å². The summed E-state index contributed by atoms with van der Waals surface area (Å²) in [5.41, 5.74) is 1.46. The van der Waals surface area contributed by atoms with Gasteiger partial charge in [-0.1, -0.05) is 23.7 Å². The molecule has 0 unspecified atom stereocenters. The van der Waals surface area contributed by atoms with Crippen LogP contribution in [0, 0.1) is 13.8 Å². The van der Waals surface area contributed by atoms with Gasteiger partial charge in [-0.2, -0.15) is 0 Å². The molecule has 0 spiro atoms. The van der Waals surface area contributed by atoms with Gasteiger partial charge in [-0.3, -0.25) is 0 Å². The minimum absolute atomic E-state index is 0.137. The zero-order valence-corrected chi connectivity index (χ0v) is 15.4. The van der Waals surface area contributed by atoms with E-state index < -0.39 is 10.0 Å². The van der Waals surface area contributed by atoms with Crippen LogP contribution in [0.2, 0.25) is 5.02 Å². The van der Waals surface area contributed by atoms with Crippen LogP contribution in [0.3, 0.4) is 0 Å². The van der Waals surface area contributed by atoms with Crippen molar-refractivity contribution in [1.29, 1.82) is 0 Å². The standard InChI is InChI=1S/C17H20ClNO4S/c1-12-13(2)17(9-8-15(12)22-3)24(20,21)19-10-11-23-16-7-5-4-6-14(16)18/h4-9,19H,10-11H2,1-3H3. The highest BCUT2D eigenvalue weighted by atomic mass is 35.5. The second-order valence-electron chi connectivity index (χ2n) is 5.19. The van der Waals surface area contributed by atoms with E-state index in [9.17, 15) is 8.42 Å². The van der Waals surface area contributed by atoms with Gasteiger partial charge >= 0.3 is 0 Å². The molecule has 2 aromatic carbocycles. The molecule has 0 heterocycles. The van der Waals surface area contributed by atoms with Crippen LogP contribution in [0.25, 0.3) is 0 Å². The lowest BCUT2D eigenvalue weighted by Gasteiger charge is -2.14. The Hall–Kier alpha value is -1.76. The van der Waals surface area contributed by atoms with Crippen LogP contribution in [-0.2, 0) is 10.0 Å². The predicted octanol–water partition coefficient (Wildman–Crippen LogP) is 3.32. The number of hydrogen-bond donors (Lipinski definition) is 1. The van der Waals surface area contributed by atoms with Gasteiger partial charge in [0.25, 0.3) is 0 Å². The molecule has 2 aromatic rings.